The van der Waals surface area contributed by atoms with Crippen LogP contribution in [0.15, 0.2) is 48.5 Å². The molecule has 4 rings (SSSR count). The maximum absolute atomic E-state index is 13.4. The van der Waals surface area contributed by atoms with Crippen LogP contribution in [-0.2, 0) is 16.1 Å². The first-order valence-corrected chi connectivity index (χ1v) is 8.76. The maximum atomic E-state index is 13.4. The Morgan fingerprint density at radius 1 is 1.25 bits per heavy atom. The SMILES string of the molecule is C[C@H]1CC(=O)Nc2ccccc2N1C(=O)Cn1nnc(-c2cccc(F)c2)n1. The van der Waals surface area contributed by atoms with Crippen LogP contribution in [0.5, 0.6) is 0 Å². The fourth-order valence-corrected chi connectivity index (χ4v) is 3.22. The van der Waals surface area contributed by atoms with Gasteiger partial charge in [0, 0.05) is 18.0 Å². The Labute approximate surface area is 160 Å². The van der Waals surface area contributed by atoms with Gasteiger partial charge in [-0.15, -0.1) is 10.2 Å². The molecule has 0 saturated carbocycles. The molecule has 2 amide bonds. The van der Waals surface area contributed by atoms with E-state index in [1.54, 1.807) is 41.3 Å². The highest BCUT2D eigenvalue weighted by Gasteiger charge is 2.30. The predicted molar refractivity (Wildman–Crippen MR) is 99.8 cm³/mol. The molecule has 0 saturated heterocycles. The van der Waals surface area contributed by atoms with E-state index in [0.717, 1.165) is 4.80 Å². The second kappa shape index (κ2) is 7.18. The molecule has 0 radical (unpaired) electrons. The number of rotatable bonds is 3. The van der Waals surface area contributed by atoms with Gasteiger partial charge in [-0.2, -0.15) is 4.80 Å². The summed E-state index contributed by atoms with van der Waals surface area (Å²) >= 11 is 0. The lowest BCUT2D eigenvalue weighted by Gasteiger charge is -2.27. The predicted octanol–water partition coefficient (Wildman–Crippen LogP) is 2.24. The summed E-state index contributed by atoms with van der Waals surface area (Å²) in [5.74, 6) is -0.604. The number of hydrogen-bond donors (Lipinski definition) is 1. The van der Waals surface area contributed by atoms with Gasteiger partial charge >= 0.3 is 0 Å². The molecular weight excluding hydrogens is 363 g/mol. The lowest BCUT2D eigenvalue weighted by molar-refractivity contribution is -0.120. The first-order chi connectivity index (χ1) is 13.5. The summed E-state index contributed by atoms with van der Waals surface area (Å²) in [5, 5.41) is 14.8. The van der Waals surface area contributed by atoms with Crippen molar-refractivity contribution in [1.82, 2.24) is 20.2 Å². The van der Waals surface area contributed by atoms with Gasteiger partial charge in [-0.1, -0.05) is 24.3 Å². The normalized spacial score (nSPS) is 16.3. The first kappa shape index (κ1) is 17.8. The summed E-state index contributed by atoms with van der Waals surface area (Å²) in [4.78, 5) is 27.8. The van der Waals surface area contributed by atoms with Crippen molar-refractivity contribution in [2.24, 2.45) is 0 Å². The fourth-order valence-electron chi connectivity index (χ4n) is 3.22. The van der Waals surface area contributed by atoms with Crippen LogP contribution in [0.4, 0.5) is 15.8 Å². The van der Waals surface area contributed by atoms with Crippen molar-refractivity contribution in [3.63, 3.8) is 0 Å². The summed E-state index contributed by atoms with van der Waals surface area (Å²) < 4.78 is 13.4. The number of halogens is 1. The average molecular weight is 380 g/mol. The topological polar surface area (TPSA) is 93.0 Å². The van der Waals surface area contributed by atoms with Crippen molar-refractivity contribution in [1.29, 1.82) is 0 Å². The molecule has 1 N–H and O–H groups in total. The summed E-state index contributed by atoms with van der Waals surface area (Å²) in [7, 11) is 0. The van der Waals surface area contributed by atoms with Crippen LogP contribution in [0.3, 0.4) is 0 Å². The third-order valence-corrected chi connectivity index (χ3v) is 4.44. The van der Waals surface area contributed by atoms with Crippen molar-refractivity contribution in [3.8, 4) is 11.4 Å². The minimum absolute atomic E-state index is 0.150. The second-order valence-corrected chi connectivity index (χ2v) is 6.54. The Morgan fingerprint density at radius 2 is 2.07 bits per heavy atom. The minimum Gasteiger partial charge on any atom is -0.324 e. The van der Waals surface area contributed by atoms with Gasteiger partial charge < -0.3 is 10.2 Å². The number of amides is 2. The average Bonchev–Trinajstić information content (AvgIpc) is 3.06. The summed E-state index contributed by atoms with van der Waals surface area (Å²) in [5.41, 5.74) is 1.68. The Hall–Kier alpha value is -3.62. The number of fused-ring (bicyclic) bond motifs is 1. The Bertz CT molecular complexity index is 1050. The molecule has 1 aliphatic heterocycles. The molecule has 0 aliphatic carbocycles. The minimum atomic E-state index is -0.405. The molecule has 3 aromatic rings. The molecule has 1 aromatic heterocycles. The summed E-state index contributed by atoms with van der Waals surface area (Å²) in [6.07, 6.45) is 0.180. The summed E-state index contributed by atoms with van der Waals surface area (Å²) in [6, 6.07) is 12.6. The zero-order chi connectivity index (χ0) is 19.7. The van der Waals surface area contributed by atoms with Crippen LogP contribution >= 0.6 is 0 Å². The van der Waals surface area contributed by atoms with Gasteiger partial charge in [-0.25, -0.2) is 4.39 Å². The largest absolute Gasteiger partial charge is 0.324 e. The van der Waals surface area contributed by atoms with Crippen molar-refractivity contribution < 1.29 is 14.0 Å². The zero-order valence-corrected chi connectivity index (χ0v) is 15.0. The third-order valence-electron chi connectivity index (χ3n) is 4.44. The van der Waals surface area contributed by atoms with Crippen LogP contribution in [0, 0.1) is 5.82 Å². The van der Waals surface area contributed by atoms with Crippen molar-refractivity contribution >= 4 is 23.2 Å². The molecule has 1 aliphatic rings. The zero-order valence-electron chi connectivity index (χ0n) is 15.0. The molecule has 9 heteroatoms. The van der Waals surface area contributed by atoms with Crippen LogP contribution in [0.25, 0.3) is 11.4 Å². The molecule has 0 bridgehead atoms. The van der Waals surface area contributed by atoms with Gasteiger partial charge in [0.2, 0.25) is 11.7 Å². The van der Waals surface area contributed by atoms with E-state index in [1.165, 1.54) is 12.1 Å². The van der Waals surface area contributed by atoms with E-state index in [0.29, 0.717) is 16.9 Å². The smallest absolute Gasteiger partial charge is 0.250 e. The lowest BCUT2D eigenvalue weighted by atomic mass is 10.1. The monoisotopic (exact) mass is 380 g/mol. The van der Waals surface area contributed by atoms with E-state index in [2.05, 4.69) is 20.7 Å². The van der Waals surface area contributed by atoms with Crippen molar-refractivity contribution in [3.05, 3.63) is 54.3 Å². The third kappa shape index (κ3) is 3.46. The van der Waals surface area contributed by atoms with Crippen LogP contribution < -0.4 is 10.2 Å². The molecule has 8 nitrogen and oxygen atoms in total. The molecule has 28 heavy (non-hydrogen) atoms. The molecule has 0 spiro atoms. The van der Waals surface area contributed by atoms with E-state index < -0.39 is 5.82 Å². The summed E-state index contributed by atoms with van der Waals surface area (Å²) in [6.45, 7) is 1.65. The molecule has 142 valence electrons. The Balaban J connectivity index is 1.59. The highest BCUT2D eigenvalue weighted by atomic mass is 19.1. The molecule has 1 atom stereocenters. The number of anilines is 2. The number of aromatic nitrogens is 4. The lowest BCUT2D eigenvalue weighted by Crippen LogP contribution is -2.41. The number of para-hydroxylation sites is 2. The number of nitrogens with zero attached hydrogens (tertiary/aromatic N) is 5. The van der Waals surface area contributed by atoms with Gasteiger partial charge in [0.05, 0.1) is 11.4 Å². The Morgan fingerprint density at radius 3 is 2.89 bits per heavy atom. The number of nitrogens with one attached hydrogen (secondary N) is 1. The number of tetrazole rings is 1. The van der Waals surface area contributed by atoms with Crippen molar-refractivity contribution in [2.75, 3.05) is 10.2 Å². The van der Waals surface area contributed by atoms with E-state index in [9.17, 15) is 14.0 Å². The molecule has 0 fully saturated rings. The number of carbonyl (C=O) groups excluding carboxylic acids is 2. The molecular formula is C19H17FN6O2. The number of benzene rings is 2. The van der Waals surface area contributed by atoms with E-state index >= 15 is 0 Å². The molecule has 2 aromatic carbocycles. The maximum Gasteiger partial charge on any atom is 0.250 e. The van der Waals surface area contributed by atoms with Gasteiger partial charge in [0.25, 0.3) is 5.91 Å². The van der Waals surface area contributed by atoms with Gasteiger partial charge in [0.15, 0.2) is 0 Å². The standard InChI is InChI=1S/C19H17FN6O2/c1-12-9-17(27)21-15-7-2-3-8-16(15)26(12)18(28)11-25-23-19(22-24-25)13-5-4-6-14(20)10-13/h2-8,10,12H,9,11H2,1H3,(H,21,27)/t12-/m0/s1. The van der Waals surface area contributed by atoms with Gasteiger partial charge in [0.1, 0.15) is 12.4 Å². The second-order valence-electron chi connectivity index (χ2n) is 6.54. The van der Waals surface area contributed by atoms with E-state index in [4.69, 9.17) is 0 Å². The van der Waals surface area contributed by atoms with Crippen LogP contribution in [0.2, 0.25) is 0 Å². The van der Waals surface area contributed by atoms with E-state index in [1.807, 2.05) is 6.92 Å². The molecule has 2 heterocycles. The quantitative estimate of drug-likeness (QED) is 0.752. The molecule has 0 unspecified atom stereocenters. The van der Waals surface area contributed by atoms with Crippen LogP contribution in [-0.4, -0.2) is 38.1 Å². The number of carbonyl (C=O) groups is 2. The Kier molecular flexibility index (Phi) is 4.56. The van der Waals surface area contributed by atoms with Gasteiger partial charge in [-0.05, 0) is 36.4 Å². The first-order valence-electron chi connectivity index (χ1n) is 8.76. The highest BCUT2D eigenvalue weighted by Crippen LogP contribution is 2.31. The fraction of sp³-hybridized carbons (Fsp3) is 0.211. The van der Waals surface area contributed by atoms with E-state index in [-0.39, 0.29) is 36.6 Å². The van der Waals surface area contributed by atoms with Crippen LogP contribution in [0.1, 0.15) is 13.3 Å². The van der Waals surface area contributed by atoms with Crippen molar-refractivity contribution in [2.45, 2.75) is 25.9 Å². The highest BCUT2D eigenvalue weighted by molar-refractivity contribution is 6.04. The number of hydrogen-bond acceptors (Lipinski definition) is 5. The van der Waals surface area contributed by atoms with Gasteiger partial charge in [-0.3, -0.25) is 9.59 Å².